The Morgan fingerprint density at radius 3 is 2.13 bits per heavy atom. The summed E-state index contributed by atoms with van der Waals surface area (Å²) < 4.78 is 0. The molecule has 0 saturated heterocycles. The van der Waals surface area contributed by atoms with Crippen molar-refractivity contribution in [2.24, 2.45) is 0 Å². The van der Waals surface area contributed by atoms with Crippen LogP contribution in [-0.4, -0.2) is 23.0 Å². The van der Waals surface area contributed by atoms with Gasteiger partial charge in [-0.1, -0.05) is 6.07 Å². The van der Waals surface area contributed by atoms with Crippen LogP contribution >= 0.6 is 0 Å². The van der Waals surface area contributed by atoms with Crippen LogP contribution in [-0.2, 0) is 0 Å². The molecule has 0 atom stereocenters. The Morgan fingerprint density at radius 1 is 0.957 bits per heavy atom. The number of hydrogen-bond donors (Lipinski definition) is 3. The van der Waals surface area contributed by atoms with Crippen molar-refractivity contribution < 1.29 is 9.59 Å². The Morgan fingerprint density at radius 2 is 1.57 bits per heavy atom. The van der Waals surface area contributed by atoms with E-state index in [1.807, 2.05) is 26.8 Å². The summed E-state index contributed by atoms with van der Waals surface area (Å²) in [5.74, 6) is -0.271. The molecule has 0 aliphatic rings. The van der Waals surface area contributed by atoms with Gasteiger partial charge in [0.25, 0.3) is 5.91 Å². The third-order valence-electron chi connectivity index (χ3n) is 2.94. The van der Waals surface area contributed by atoms with E-state index < -0.39 is 0 Å². The number of amides is 3. The minimum Gasteiger partial charge on any atom is -0.336 e. The van der Waals surface area contributed by atoms with Gasteiger partial charge >= 0.3 is 6.03 Å². The van der Waals surface area contributed by atoms with Gasteiger partial charge in [0.2, 0.25) is 0 Å². The second-order valence-electron chi connectivity index (χ2n) is 5.45. The number of pyridine rings is 1. The number of urea groups is 1. The van der Waals surface area contributed by atoms with Crippen molar-refractivity contribution in [1.82, 2.24) is 10.3 Å². The van der Waals surface area contributed by atoms with E-state index in [1.165, 1.54) is 0 Å². The first kappa shape index (κ1) is 16.5. The van der Waals surface area contributed by atoms with Gasteiger partial charge in [-0.2, -0.15) is 0 Å². The van der Waals surface area contributed by atoms with Crippen molar-refractivity contribution in [2.75, 3.05) is 10.6 Å². The SMILES string of the molecule is Cc1cccc(C(=O)Nc2ccc(NC(=O)NC(C)C)cc2)n1. The first-order chi connectivity index (χ1) is 10.9. The van der Waals surface area contributed by atoms with Crippen LogP contribution in [0.3, 0.4) is 0 Å². The highest BCUT2D eigenvalue weighted by Crippen LogP contribution is 2.14. The van der Waals surface area contributed by atoms with Gasteiger partial charge in [-0.3, -0.25) is 4.79 Å². The van der Waals surface area contributed by atoms with E-state index in [4.69, 9.17) is 0 Å². The van der Waals surface area contributed by atoms with Gasteiger partial charge in [0.1, 0.15) is 5.69 Å². The summed E-state index contributed by atoms with van der Waals surface area (Å²) in [6.07, 6.45) is 0. The average Bonchev–Trinajstić information content (AvgIpc) is 2.48. The van der Waals surface area contributed by atoms with E-state index in [2.05, 4.69) is 20.9 Å². The Balaban J connectivity index is 1.97. The maximum Gasteiger partial charge on any atom is 0.319 e. The van der Waals surface area contributed by atoms with E-state index >= 15 is 0 Å². The Bertz CT molecular complexity index is 696. The van der Waals surface area contributed by atoms with E-state index in [0.717, 1.165) is 5.69 Å². The van der Waals surface area contributed by atoms with Crippen LogP contribution in [0.25, 0.3) is 0 Å². The third-order valence-corrected chi connectivity index (χ3v) is 2.94. The third kappa shape index (κ3) is 5.10. The Labute approximate surface area is 135 Å². The maximum absolute atomic E-state index is 12.1. The lowest BCUT2D eigenvalue weighted by Crippen LogP contribution is -2.34. The molecule has 3 N–H and O–H groups in total. The number of carbonyl (C=O) groups excluding carboxylic acids is 2. The summed E-state index contributed by atoms with van der Waals surface area (Å²) in [7, 11) is 0. The highest BCUT2D eigenvalue weighted by molar-refractivity contribution is 6.03. The number of aryl methyl sites for hydroxylation is 1. The summed E-state index contributed by atoms with van der Waals surface area (Å²) in [4.78, 5) is 27.9. The second-order valence-corrected chi connectivity index (χ2v) is 5.45. The zero-order valence-electron chi connectivity index (χ0n) is 13.4. The average molecular weight is 312 g/mol. The summed E-state index contributed by atoms with van der Waals surface area (Å²) in [6.45, 7) is 5.61. The molecule has 0 saturated carbocycles. The number of nitrogens with one attached hydrogen (secondary N) is 3. The van der Waals surface area contributed by atoms with Crippen molar-refractivity contribution in [3.05, 3.63) is 53.9 Å². The van der Waals surface area contributed by atoms with Crippen LogP contribution in [0.4, 0.5) is 16.2 Å². The highest BCUT2D eigenvalue weighted by Gasteiger charge is 2.08. The predicted molar refractivity (Wildman–Crippen MR) is 90.7 cm³/mol. The molecule has 0 radical (unpaired) electrons. The van der Waals surface area contributed by atoms with Gasteiger partial charge in [-0.05, 0) is 57.2 Å². The number of carbonyl (C=O) groups is 2. The molecule has 0 aliphatic carbocycles. The van der Waals surface area contributed by atoms with Crippen molar-refractivity contribution in [1.29, 1.82) is 0 Å². The van der Waals surface area contributed by atoms with E-state index in [-0.39, 0.29) is 18.0 Å². The van der Waals surface area contributed by atoms with Crippen molar-refractivity contribution in [3.8, 4) is 0 Å². The summed E-state index contributed by atoms with van der Waals surface area (Å²) >= 11 is 0. The van der Waals surface area contributed by atoms with Gasteiger partial charge in [0.05, 0.1) is 0 Å². The van der Waals surface area contributed by atoms with Gasteiger partial charge in [0.15, 0.2) is 0 Å². The maximum atomic E-state index is 12.1. The summed E-state index contributed by atoms with van der Waals surface area (Å²) in [5, 5.41) is 8.22. The number of anilines is 2. The molecular weight excluding hydrogens is 292 g/mol. The second kappa shape index (κ2) is 7.40. The molecular formula is C17H20N4O2. The van der Waals surface area contributed by atoms with E-state index in [0.29, 0.717) is 17.1 Å². The fourth-order valence-electron chi connectivity index (χ4n) is 1.93. The van der Waals surface area contributed by atoms with Crippen molar-refractivity contribution in [2.45, 2.75) is 26.8 Å². The smallest absolute Gasteiger partial charge is 0.319 e. The van der Waals surface area contributed by atoms with Crippen LogP contribution < -0.4 is 16.0 Å². The molecule has 0 spiro atoms. The molecule has 120 valence electrons. The number of rotatable bonds is 4. The first-order valence-electron chi connectivity index (χ1n) is 7.36. The molecule has 0 unspecified atom stereocenters. The van der Waals surface area contributed by atoms with Crippen LogP contribution in [0, 0.1) is 6.92 Å². The first-order valence-corrected chi connectivity index (χ1v) is 7.36. The lowest BCUT2D eigenvalue weighted by atomic mass is 10.2. The van der Waals surface area contributed by atoms with Gasteiger partial charge in [-0.15, -0.1) is 0 Å². The summed E-state index contributed by atoms with van der Waals surface area (Å²) in [5.41, 5.74) is 2.43. The molecule has 2 aromatic rings. The molecule has 3 amide bonds. The number of nitrogens with zero attached hydrogens (tertiary/aromatic N) is 1. The Hall–Kier alpha value is -2.89. The van der Waals surface area contributed by atoms with E-state index in [1.54, 1.807) is 36.4 Å². The lowest BCUT2D eigenvalue weighted by molar-refractivity contribution is 0.102. The van der Waals surface area contributed by atoms with Crippen molar-refractivity contribution >= 4 is 23.3 Å². The summed E-state index contributed by atoms with van der Waals surface area (Å²) in [6, 6.07) is 12.0. The van der Waals surface area contributed by atoms with E-state index in [9.17, 15) is 9.59 Å². The zero-order valence-corrected chi connectivity index (χ0v) is 13.4. The zero-order chi connectivity index (χ0) is 16.8. The van der Waals surface area contributed by atoms with Crippen molar-refractivity contribution in [3.63, 3.8) is 0 Å². The molecule has 0 aliphatic heterocycles. The largest absolute Gasteiger partial charge is 0.336 e. The fraction of sp³-hybridized carbons (Fsp3) is 0.235. The van der Waals surface area contributed by atoms with Crippen LogP contribution in [0.1, 0.15) is 30.0 Å². The van der Waals surface area contributed by atoms with Crippen LogP contribution in [0.15, 0.2) is 42.5 Å². The normalized spacial score (nSPS) is 10.3. The molecule has 1 aromatic heterocycles. The minimum absolute atomic E-state index is 0.0652. The number of benzene rings is 1. The highest BCUT2D eigenvalue weighted by atomic mass is 16.2. The molecule has 23 heavy (non-hydrogen) atoms. The molecule has 1 heterocycles. The molecule has 0 fully saturated rings. The topological polar surface area (TPSA) is 83.1 Å². The Kier molecular flexibility index (Phi) is 5.30. The molecule has 0 bridgehead atoms. The number of hydrogen-bond acceptors (Lipinski definition) is 3. The predicted octanol–water partition coefficient (Wildman–Crippen LogP) is 3.17. The quantitative estimate of drug-likeness (QED) is 0.811. The van der Waals surface area contributed by atoms with Gasteiger partial charge in [0, 0.05) is 23.1 Å². The molecule has 1 aromatic carbocycles. The van der Waals surface area contributed by atoms with Gasteiger partial charge < -0.3 is 16.0 Å². The fourth-order valence-corrected chi connectivity index (χ4v) is 1.93. The molecule has 6 heteroatoms. The monoisotopic (exact) mass is 312 g/mol. The lowest BCUT2D eigenvalue weighted by Gasteiger charge is -2.11. The standard InChI is InChI=1S/C17H20N4O2/c1-11(2)18-17(23)21-14-9-7-13(8-10-14)20-16(22)15-6-4-5-12(3)19-15/h4-11H,1-3H3,(H,20,22)(H2,18,21,23). The van der Waals surface area contributed by atoms with Crippen LogP contribution in [0.5, 0.6) is 0 Å². The molecule has 6 nitrogen and oxygen atoms in total. The molecule has 2 rings (SSSR count). The van der Waals surface area contributed by atoms with Crippen LogP contribution in [0.2, 0.25) is 0 Å². The van der Waals surface area contributed by atoms with Gasteiger partial charge in [-0.25, -0.2) is 9.78 Å². The number of aromatic nitrogens is 1. The minimum atomic E-state index is -0.271.